The molecule has 0 radical (unpaired) electrons. The summed E-state index contributed by atoms with van der Waals surface area (Å²) in [6, 6.07) is 4.96. The number of benzene rings is 1. The fourth-order valence-corrected chi connectivity index (χ4v) is 2.26. The summed E-state index contributed by atoms with van der Waals surface area (Å²) in [5.74, 6) is 0.299. The van der Waals surface area contributed by atoms with E-state index in [0.29, 0.717) is 16.8 Å². The number of halogens is 1. The molecule has 0 spiro atoms. The summed E-state index contributed by atoms with van der Waals surface area (Å²) in [7, 11) is 0. The Balaban J connectivity index is 1.92. The zero-order valence-corrected chi connectivity index (χ0v) is 11.5. The van der Waals surface area contributed by atoms with Crippen LogP contribution in [0.25, 0.3) is 0 Å². The second kappa shape index (κ2) is 6.21. The van der Waals surface area contributed by atoms with Crippen molar-refractivity contribution in [3.05, 3.63) is 33.3 Å². The van der Waals surface area contributed by atoms with Crippen LogP contribution >= 0.6 is 11.6 Å². The number of rotatable bonds is 6. The first-order valence-corrected chi connectivity index (χ1v) is 6.82. The number of ether oxygens (including phenoxy) is 1. The number of nitro groups is 1. The zero-order chi connectivity index (χ0) is 13.8. The van der Waals surface area contributed by atoms with Crippen LogP contribution < -0.4 is 10.1 Å². The molecule has 0 heterocycles. The van der Waals surface area contributed by atoms with Gasteiger partial charge in [-0.15, -0.1) is 0 Å². The Morgan fingerprint density at radius 2 is 2.26 bits per heavy atom. The van der Waals surface area contributed by atoms with Crippen molar-refractivity contribution in [1.29, 1.82) is 0 Å². The van der Waals surface area contributed by atoms with Crippen LogP contribution in [0, 0.1) is 10.1 Å². The molecule has 0 amide bonds. The quantitative estimate of drug-likeness (QED) is 0.644. The highest BCUT2D eigenvalue weighted by atomic mass is 35.5. The third-order valence-corrected chi connectivity index (χ3v) is 3.42. The van der Waals surface area contributed by atoms with Gasteiger partial charge >= 0.3 is 5.69 Å². The monoisotopic (exact) mass is 284 g/mol. The van der Waals surface area contributed by atoms with E-state index in [1.54, 1.807) is 12.1 Å². The molecular formula is C13H17ClN2O3. The molecular weight excluding hydrogens is 268 g/mol. The summed E-state index contributed by atoms with van der Waals surface area (Å²) in [4.78, 5) is 10.5. The third-order valence-electron chi connectivity index (χ3n) is 3.19. The van der Waals surface area contributed by atoms with Crippen molar-refractivity contribution in [1.82, 2.24) is 5.32 Å². The minimum absolute atomic E-state index is 0.0502. The average Bonchev–Trinajstić information content (AvgIpc) is 2.33. The van der Waals surface area contributed by atoms with Crippen LogP contribution in [0.3, 0.4) is 0 Å². The Morgan fingerprint density at radius 1 is 1.53 bits per heavy atom. The number of hydrogen-bond acceptors (Lipinski definition) is 4. The molecule has 5 nitrogen and oxygen atoms in total. The SMILES string of the molecule is CCCNC1CC(Oc2ccc(Cl)cc2[N+](=O)[O-])C1. The molecule has 0 unspecified atom stereocenters. The van der Waals surface area contributed by atoms with Crippen LogP contribution in [-0.4, -0.2) is 23.6 Å². The molecule has 1 aromatic carbocycles. The molecule has 104 valence electrons. The fourth-order valence-electron chi connectivity index (χ4n) is 2.09. The van der Waals surface area contributed by atoms with Crippen molar-refractivity contribution in [2.45, 2.75) is 38.3 Å². The lowest BCUT2D eigenvalue weighted by molar-refractivity contribution is -0.386. The summed E-state index contributed by atoms with van der Waals surface area (Å²) in [5, 5.41) is 14.7. The molecule has 1 N–H and O–H groups in total. The van der Waals surface area contributed by atoms with Crippen molar-refractivity contribution >= 4 is 17.3 Å². The summed E-state index contributed by atoms with van der Waals surface area (Å²) in [5.41, 5.74) is -0.0718. The number of nitrogens with one attached hydrogen (secondary N) is 1. The summed E-state index contributed by atoms with van der Waals surface area (Å²) in [6.07, 6.45) is 2.93. The predicted octanol–water partition coefficient (Wildman–Crippen LogP) is 3.16. The van der Waals surface area contributed by atoms with Crippen LogP contribution in [0.5, 0.6) is 5.75 Å². The van der Waals surface area contributed by atoms with Gasteiger partial charge in [0.15, 0.2) is 5.75 Å². The van der Waals surface area contributed by atoms with Crippen LogP contribution in [-0.2, 0) is 0 Å². The molecule has 2 rings (SSSR count). The molecule has 0 aliphatic heterocycles. The molecule has 0 aromatic heterocycles. The second-order valence-corrected chi connectivity index (χ2v) is 5.17. The Hall–Kier alpha value is -1.33. The first kappa shape index (κ1) is 14.1. The van der Waals surface area contributed by atoms with E-state index in [0.717, 1.165) is 25.8 Å². The molecule has 1 aromatic rings. The summed E-state index contributed by atoms with van der Waals surface area (Å²) < 4.78 is 5.67. The van der Waals surface area contributed by atoms with Crippen LogP contribution in [0.15, 0.2) is 18.2 Å². The number of nitrogens with zero attached hydrogens (tertiary/aromatic N) is 1. The normalized spacial score (nSPS) is 21.8. The van der Waals surface area contributed by atoms with Gasteiger partial charge in [-0.1, -0.05) is 18.5 Å². The topological polar surface area (TPSA) is 64.4 Å². The maximum Gasteiger partial charge on any atom is 0.312 e. The standard InChI is InChI=1S/C13H17ClN2O3/c1-2-5-15-10-7-11(8-10)19-13-4-3-9(14)6-12(13)16(17)18/h3-4,6,10-11,15H,2,5,7-8H2,1H3. The minimum Gasteiger partial charge on any atom is -0.483 e. The fraction of sp³-hybridized carbons (Fsp3) is 0.538. The van der Waals surface area contributed by atoms with E-state index in [1.165, 1.54) is 6.07 Å². The molecule has 0 atom stereocenters. The molecule has 0 bridgehead atoms. The van der Waals surface area contributed by atoms with E-state index in [9.17, 15) is 10.1 Å². The summed E-state index contributed by atoms with van der Waals surface area (Å²) in [6.45, 7) is 3.12. The van der Waals surface area contributed by atoms with Crippen LogP contribution in [0.1, 0.15) is 26.2 Å². The molecule has 6 heteroatoms. The van der Waals surface area contributed by atoms with Gasteiger partial charge in [0.25, 0.3) is 0 Å². The highest BCUT2D eigenvalue weighted by Crippen LogP contribution is 2.34. The Labute approximate surface area is 117 Å². The highest BCUT2D eigenvalue weighted by molar-refractivity contribution is 6.30. The van der Waals surface area contributed by atoms with Gasteiger partial charge in [0.1, 0.15) is 6.10 Å². The van der Waals surface area contributed by atoms with Crippen LogP contribution in [0.2, 0.25) is 5.02 Å². The van der Waals surface area contributed by atoms with E-state index >= 15 is 0 Å². The van der Waals surface area contributed by atoms with E-state index in [-0.39, 0.29) is 11.8 Å². The third kappa shape index (κ3) is 3.58. The van der Waals surface area contributed by atoms with Gasteiger partial charge < -0.3 is 10.1 Å². The van der Waals surface area contributed by atoms with Crippen molar-refractivity contribution in [3.8, 4) is 5.75 Å². The first-order chi connectivity index (χ1) is 9.10. The molecule has 0 saturated heterocycles. The molecule has 19 heavy (non-hydrogen) atoms. The predicted molar refractivity (Wildman–Crippen MR) is 73.8 cm³/mol. The number of hydrogen-bond donors (Lipinski definition) is 1. The van der Waals surface area contributed by atoms with Gasteiger partial charge in [0, 0.05) is 17.1 Å². The van der Waals surface area contributed by atoms with E-state index in [2.05, 4.69) is 12.2 Å². The second-order valence-electron chi connectivity index (χ2n) is 4.73. The van der Waals surface area contributed by atoms with Gasteiger partial charge in [-0.25, -0.2) is 0 Å². The molecule has 1 aliphatic rings. The van der Waals surface area contributed by atoms with E-state index in [1.807, 2.05) is 0 Å². The Morgan fingerprint density at radius 3 is 2.89 bits per heavy atom. The van der Waals surface area contributed by atoms with Gasteiger partial charge in [-0.3, -0.25) is 10.1 Å². The number of nitro benzene ring substituents is 1. The van der Waals surface area contributed by atoms with Crippen molar-refractivity contribution in [2.75, 3.05) is 6.54 Å². The maximum absolute atomic E-state index is 10.9. The molecule has 1 fully saturated rings. The largest absolute Gasteiger partial charge is 0.483 e. The van der Waals surface area contributed by atoms with E-state index < -0.39 is 4.92 Å². The Kier molecular flexibility index (Phi) is 4.61. The Bertz CT molecular complexity index is 461. The highest BCUT2D eigenvalue weighted by Gasteiger charge is 2.31. The maximum atomic E-state index is 10.9. The molecule has 1 aliphatic carbocycles. The van der Waals surface area contributed by atoms with E-state index in [4.69, 9.17) is 16.3 Å². The average molecular weight is 285 g/mol. The van der Waals surface area contributed by atoms with Crippen LogP contribution in [0.4, 0.5) is 5.69 Å². The lowest BCUT2D eigenvalue weighted by Gasteiger charge is -2.35. The smallest absolute Gasteiger partial charge is 0.312 e. The van der Waals surface area contributed by atoms with Gasteiger partial charge in [0.05, 0.1) is 4.92 Å². The first-order valence-electron chi connectivity index (χ1n) is 6.44. The van der Waals surface area contributed by atoms with Gasteiger partial charge in [-0.2, -0.15) is 0 Å². The van der Waals surface area contributed by atoms with Crippen molar-refractivity contribution in [2.24, 2.45) is 0 Å². The lowest BCUT2D eigenvalue weighted by Crippen LogP contribution is -2.47. The van der Waals surface area contributed by atoms with Crippen molar-refractivity contribution < 1.29 is 9.66 Å². The minimum atomic E-state index is -0.466. The summed E-state index contributed by atoms with van der Waals surface area (Å²) >= 11 is 5.76. The van der Waals surface area contributed by atoms with Gasteiger partial charge in [-0.05, 0) is 37.9 Å². The van der Waals surface area contributed by atoms with Crippen molar-refractivity contribution in [3.63, 3.8) is 0 Å². The van der Waals surface area contributed by atoms with Gasteiger partial charge in [0.2, 0.25) is 0 Å². The molecule has 1 saturated carbocycles. The zero-order valence-electron chi connectivity index (χ0n) is 10.8. The lowest BCUT2D eigenvalue weighted by atomic mass is 9.89.